The molecule has 0 bridgehead atoms. The van der Waals surface area contributed by atoms with Gasteiger partial charge in [0.1, 0.15) is 5.82 Å². The van der Waals surface area contributed by atoms with Crippen LogP contribution in [0.4, 0.5) is 0 Å². The second-order valence-electron chi connectivity index (χ2n) is 5.33. The van der Waals surface area contributed by atoms with Gasteiger partial charge in [0.15, 0.2) is 0 Å². The average Bonchev–Trinajstić information content (AvgIpc) is 2.78. The first-order valence-electron chi connectivity index (χ1n) is 7.02. The Bertz CT molecular complexity index is 364. The van der Waals surface area contributed by atoms with Gasteiger partial charge >= 0.3 is 0 Å². The van der Waals surface area contributed by atoms with Gasteiger partial charge in [-0.3, -0.25) is 0 Å². The van der Waals surface area contributed by atoms with Crippen LogP contribution in [0.15, 0.2) is 12.4 Å². The van der Waals surface area contributed by atoms with Crippen molar-refractivity contribution in [2.45, 2.75) is 32.7 Å². The molecule has 1 aliphatic heterocycles. The summed E-state index contributed by atoms with van der Waals surface area (Å²) in [7, 11) is 2.08. The van der Waals surface area contributed by atoms with Gasteiger partial charge in [0.05, 0.1) is 6.04 Å². The van der Waals surface area contributed by atoms with Crippen molar-refractivity contribution in [1.29, 1.82) is 0 Å². The first-order chi connectivity index (χ1) is 8.74. The van der Waals surface area contributed by atoms with Crippen molar-refractivity contribution < 1.29 is 4.74 Å². The maximum absolute atomic E-state index is 5.56. The van der Waals surface area contributed by atoms with Crippen LogP contribution in [0.1, 0.15) is 38.6 Å². The zero-order valence-corrected chi connectivity index (χ0v) is 11.7. The van der Waals surface area contributed by atoms with Crippen molar-refractivity contribution in [3.8, 4) is 0 Å². The third kappa shape index (κ3) is 2.93. The van der Waals surface area contributed by atoms with Crippen LogP contribution >= 0.6 is 0 Å². The Morgan fingerprint density at radius 2 is 2.44 bits per heavy atom. The lowest BCUT2D eigenvalue weighted by atomic mass is 9.83. The highest BCUT2D eigenvalue weighted by atomic mass is 16.5. The minimum Gasteiger partial charge on any atom is -0.381 e. The smallest absolute Gasteiger partial charge is 0.125 e. The second kappa shape index (κ2) is 6.34. The fourth-order valence-corrected chi connectivity index (χ4v) is 2.80. The van der Waals surface area contributed by atoms with Crippen molar-refractivity contribution in [1.82, 2.24) is 14.9 Å². The summed E-state index contributed by atoms with van der Waals surface area (Å²) in [5.41, 5.74) is 0. The third-order valence-corrected chi connectivity index (χ3v) is 3.89. The second-order valence-corrected chi connectivity index (χ2v) is 5.33. The van der Waals surface area contributed by atoms with Gasteiger partial charge in [-0.05, 0) is 31.2 Å². The Hall–Kier alpha value is -0.870. The van der Waals surface area contributed by atoms with Crippen molar-refractivity contribution >= 4 is 0 Å². The average molecular weight is 251 g/mol. The van der Waals surface area contributed by atoms with Gasteiger partial charge in [-0.25, -0.2) is 4.98 Å². The Morgan fingerprint density at radius 3 is 3.06 bits per heavy atom. The summed E-state index contributed by atoms with van der Waals surface area (Å²) >= 11 is 0. The topological polar surface area (TPSA) is 39.1 Å². The fourth-order valence-electron chi connectivity index (χ4n) is 2.80. The van der Waals surface area contributed by atoms with Crippen LogP contribution in [0, 0.1) is 11.8 Å². The molecule has 0 aromatic carbocycles. The summed E-state index contributed by atoms with van der Waals surface area (Å²) in [5, 5.41) is 3.67. The van der Waals surface area contributed by atoms with Crippen LogP contribution in [-0.2, 0) is 11.8 Å². The number of aryl methyl sites for hydroxylation is 1. The van der Waals surface area contributed by atoms with Crippen molar-refractivity contribution in [3.05, 3.63) is 18.2 Å². The highest BCUT2D eigenvalue weighted by molar-refractivity contribution is 5.02. The van der Waals surface area contributed by atoms with E-state index in [1.54, 1.807) is 0 Å². The Labute approximate surface area is 110 Å². The quantitative estimate of drug-likeness (QED) is 0.871. The van der Waals surface area contributed by atoms with Gasteiger partial charge in [-0.2, -0.15) is 0 Å². The highest BCUT2D eigenvalue weighted by Crippen LogP contribution is 2.32. The van der Waals surface area contributed by atoms with E-state index in [0.29, 0.717) is 17.9 Å². The van der Waals surface area contributed by atoms with Crippen LogP contribution in [-0.4, -0.2) is 29.3 Å². The molecule has 0 aliphatic carbocycles. The number of ether oxygens (including phenoxy) is 1. The molecule has 2 heterocycles. The first-order valence-corrected chi connectivity index (χ1v) is 7.02. The van der Waals surface area contributed by atoms with E-state index >= 15 is 0 Å². The first kappa shape index (κ1) is 13.6. The molecule has 1 aromatic heterocycles. The molecule has 1 fully saturated rings. The molecule has 0 amide bonds. The normalized spacial score (nSPS) is 26.2. The molecule has 4 heteroatoms. The summed E-state index contributed by atoms with van der Waals surface area (Å²) < 4.78 is 7.69. The van der Waals surface area contributed by atoms with E-state index in [9.17, 15) is 0 Å². The van der Waals surface area contributed by atoms with Gasteiger partial charge in [-0.15, -0.1) is 0 Å². The molecule has 2 rings (SSSR count). The molecule has 1 saturated heterocycles. The Morgan fingerprint density at radius 1 is 1.61 bits per heavy atom. The molecular weight excluding hydrogens is 226 g/mol. The summed E-state index contributed by atoms with van der Waals surface area (Å²) in [6.45, 7) is 7.29. The monoisotopic (exact) mass is 251 g/mol. The minimum absolute atomic E-state index is 0.351. The molecule has 18 heavy (non-hydrogen) atoms. The van der Waals surface area contributed by atoms with Crippen LogP contribution in [0.2, 0.25) is 0 Å². The van der Waals surface area contributed by atoms with Gasteiger partial charge in [0.2, 0.25) is 0 Å². The number of nitrogens with zero attached hydrogens (tertiary/aromatic N) is 2. The lowest BCUT2D eigenvalue weighted by molar-refractivity contribution is 0.00911. The Balaban J connectivity index is 2.16. The predicted molar refractivity (Wildman–Crippen MR) is 72.3 cm³/mol. The summed E-state index contributed by atoms with van der Waals surface area (Å²) in [4.78, 5) is 4.54. The summed E-state index contributed by atoms with van der Waals surface area (Å²) in [5.74, 6) is 2.36. The van der Waals surface area contributed by atoms with Crippen LogP contribution in [0.5, 0.6) is 0 Å². The Kier molecular flexibility index (Phi) is 4.78. The number of imidazole rings is 1. The number of rotatable bonds is 5. The van der Waals surface area contributed by atoms with Crippen LogP contribution in [0.3, 0.4) is 0 Å². The van der Waals surface area contributed by atoms with E-state index < -0.39 is 0 Å². The zero-order valence-electron chi connectivity index (χ0n) is 11.7. The molecule has 1 aromatic rings. The molecule has 3 atom stereocenters. The molecule has 0 saturated carbocycles. The number of hydrogen-bond acceptors (Lipinski definition) is 3. The van der Waals surface area contributed by atoms with Crippen LogP contribution in [0.25, 0.3) is 0 Å². The standard InChI is InChI=1S/C14H25N3O/c1-4-6-15-13(14-16-7-8-17(14)3)12-5-9-18-10-11(12)2/h7-8,11-13,15H,4-6,9-10H2,1-3H3. The van der Waals surface area contributed by atoms with Gasteiger partial charge < -0.3 is 14.6 Å². The maximum atomic E-state index is 5.56. The van der Waals surface area contributed by atoms with Crippen molar-refractivity contribution in [3.63, 3.8) is 0 Å². The summed E-state index contributed by atoms with van der Waals surface area (Å²) in [6.07, 6.45) is 6.19. The van der Waals surface area contributed by atoms with E-state index in [-0.39, 0.29) is 0 Å². The van der Waals surface area contributed by atoms with Crippen molar-refractivity contribution in [2.24, 2.45) is 18.9 Å². The minimum atomic E-state index is 0.351. The van der Waals surface area contributed by atoms with Gasteiger partial charge in [-0.1, -0.05) is 13.8 Å². The van der Waals surface area contributed by atoms with E-state index in [4.69, 9.17) is 4.74 Å². The molecule has 0 radical (unpaired) electrons. The number of hydrogen-bond donors (Lipinski definition) is 1. The largest absolute Gasteiger partial charge is 0.381 e. The SMILES string of the molecule is CCCNC(c1nccn1C)C1CCOCC1C. The van der Waals surface area contributed by atoms with E-state index in [0.717, 1.165) is 38.4 Å². The predicted octanol–water partition coefficient (Wildman–Crippen LogP) is 2.13. The van der Waals surface area contributed by atoms with E-state index in [1.165, 1.54) is 0 Å². The molecular formula is C14H25N3O. The fraction of sp³-hybridized carbons (Fsp3) is 0.786. The third-order valence-electron chi connectivity index (χ3n) is 3.89. The number of nitrogens with one attached hydrogen (secondary N) is 1. The lowest BCUT2D eigenvalue weighted by Crippen LogP contribution is -2.38. The molecule has 1 N–H and O–H groups in total. The number of aromatic nitrogens is 2. The molecule has 3 unspecified atom stereocenters. The lowest BCUT2D eigenvalue weighted by Gasteiger charge is -2.35. The highest BCUT2D eigenvalue weighted by Gasteiger charge is 2.32. The van der Waals surface area contributed by atoms with Crippen LogP contribution < -0.4 is 5.32 Å². The maximum Gasteiger partial charge on any atom is 0.125 e. The van der Waals surface area contributed by atoms with Gasteiger partial charge in [0, 0.05) is 32.7 Å². The van der Waals surface area contributed by atoms with E-state index in [1.807, 2.05) is 12.4 Å². The van der Waals surface area contributed by atoms with Crippen molar-refractivity contribution in [2.75, 3.05) is 19.8 Å². The molecule has 4 nitrogen and oxygen atoms in total. The summed E-state index contributed by atoms with van der Waals surface area (Å²) in [6, 6.07) is 0.351. The molecule has 0 spiro atoms. The zero-order chi connectivity index (χ0) is 13.0. The molecule has 102 valence electrons. The van der Waals surface area contributed by atoms with Gasteiger partial charge in [0.25, 0.3) is 0 Å². The molecule has 1 aliphatic rings. The van der Waals surface area contributed by atoms with E-state index in [2.05, 4.69) is 35.8 Å².